The summed E-state index contributed by atoms with van der Waals surface area (Å²) >= 11 is 3.48. The highest BCUT2D eigenvalue weighted by molar-refractivity contribution is 9.10. The number of aromatic nitrogens is 1. The summed E-state index contributed by atoms with van der Waals surface area (Å²) in [4.78, 5) is 16.4. The highest BCUT2D eigenvalue weighted by Crippen LogP contribution is 2.47. The number of hydrogen-bond acceptors (Lipinski definition) is 2. The molecule has 3 rings (SSSR count). The Balaban J connectivity index is 1.47. The molecule has 108 valence electrons. The number of carbonyl (C=O) groups is 1. The first kappa shape index (κ1) is 14.3. The van der Waals surface area contributed by atoms with Crippen LogP contribution < -0.4 is 5.32 Å². The third kappa shape index (κ3) is 3.70. The van der Waals surface area contributed by atoms with E-state index < -0.39 is 0 Å². The molecule has 2 aromatic rings. The molecular weight excluding hydrogens is 328 g/mol. The summed E-state index contributed by atoms with van der Waals surface area (Å²) < 4.78 is 1.07. The first-order valence-corrected chi connectivity index (χ1v) is 7.96. The molecule has 0 radical (unpaired) electrons. The van der Waals surface area contributed by atoms with Crippen LogP contribution in [0, 0.1) is 5.92 Å². The van der Waals surface area contributed by atoms with Crippen LogP contribution in [0.25, 0.3) is 0 Å². The SMILES string of the molecule is O=C(NCCc1ccccn1)[C@@H]1C[C@@H]1c1cccc(Br)c1. The van der Waals surface area contributed by atoms with Gasteiger partial charge in [-0.2, -0.15) is 0 Å². The van der Waals surface area contributed by atoms with Gasteiger partial charge in [0.1, 0.15) is 0 Å². The lowest BCUT2D eigenvalue weighted by Gasteiger charge is -2.05. The smallest absolute Gasteiger partial charge is 0.223 e. The van der Waals surface area contributed by atoms with Gasteiger partial charge in [0.15, 0.2) is 0 Å². The molecule has 1 aliphatic rings. The summed E-state index contributed by atoms with van der Waals surface area (Å²) in [5, 5.41) is 3.02. The van der Waals surface area contributed by atoms with Crippen molar-refractivity contribution in [1.82, 2.24) is 10.3 Å². The van der Waals surface area contributed by atoms with Gasteiger partial charge in [-0.05, 0) is 42.2 Å². The summed E-state index contributed by atoms with van der Waals surface area (Å²) in [6, 6.07) is 14.1. The van der Waals surface area contributed by atoms with Gasteiger partial charge >= 0.3 is 0 Å². The minimum absolute atomic E-state index is 0.128. The molecule has 1 N–H and O–H groups in total. The van der Waals surface area contributed by atoms with Gasteiger partial charge in [0, 0.05) is 35.2 Å². The van der Waals surface area contributed by atoms with Gasteiger partial charge < -0.3 is 5.32 Å². The average Bonchev–Trinajstić information content (AvgIpc) is 3.29. The van der Waals surface area contributed by atoms with Crippen LogP contribution in [0.4, 0.5) is 0 Å². The molecule has 21 heavy (non-hydrogen) atoms. The molecule has 4 heteroatoms. The molecule has 2 atom stereocenters. The standard InChI is InChI=1S/C17H17BrN2O/c18-13-5-3-4-12(10-13)15-11-16(15)17(21)20-9-7-14-6-1-2-8-19-14/h1-6,8,10,15-16H,7,9,11H2,(H,20,21)/t15-,16-/m1/s1. The van der Waals surface area contributed by atoms with Crippen molar-refractivity contribution in [2.75, 3.05) is 6.54 Å². The number of halogens is 1. The van der Waals surface area contributed by atoms with Crippen molar-refractivity contribution in [3.05, 3.63) is 64.4 Å². The number of benzene rings is 1. The fourth-order valence-corrected chi connectivity index (χ4v) is 3.00. The predicted octanol–water partition coefficient (Wildman–Crippen LogP) is 3.31. The maximum Gasteiger partial charge on any atom is 0.223 e. The van der Waals surface area contributed by atoms with E-state index in [1.807, 2.05) is 30.3 Å². The Bertz CT molecular complexity index is 630. The average molecular weight is 345 g/mol. The third-order valence-corrected chi connectivity index (χ3v) is 4.30. The predicted molar refractivity (Wildman–Crippen MR) is 85.9 cm³/mol. The van der Waals surface area contributed by atoms with Gasteiger partial charge in [0.25, 0.3) is 0 Å². The second-order valence-electron chi connectivity index (χ2n) is 5.37. The van der Waals surface area contributed by atoms with Crippen LogP contribution in [0.15, 0.2) is 53.1 Å². The van der Waals surface area contributed by atoms with Crippen molar-refractivity contribution in [3.63, 3.8) is 0 Å². The zero-order chi connectivity index (χ0) is 14.7. The third-order valence-electron chi connectivity index (χ3n) is 3.81. The van der Waals surface area contributed by atoms with E-state index in [0.717, 1.165) is 23.0 Å². The lowest BCUT2D eigenvalue weighted by atomic mass is 10.1. The van der Waals surface area contributed by atoms with Gasteiger partial charge in [-0.3, -0.25) is 9.78 Å². The summed E-state index contributed by atoms with van der Waals surface area (Å²) in [6.07, 6.45) is 3.51. The van der Waals surface area contributed by atoms with Crippen LogP contribution in [0.3, 0.4) is 0 Å². The van der Waals surface area contributed by atoms with Crippen LogP contribution in [-0.2, 0) is 11.2 Å². The second kappa shape index (κ2) is 6.39. The Kier molecular flexibility index (Phi) is 4.34. The summed E-state index contributed by atoms with van der Waals surface area (Å²) in [7, 11) is 0. The molecule has 0 spiro atoms. The van der Waals surface area contributed by atoms with E-state index in [-0.39, 0.29) is 11.8 Å². The fourth-order valence-electron chi connectivity index (χ4n) is 2.58. The van der Waals surface area contributed by atoms with Crippen LogP contribution in [-0.4, -0.2) is 17.4 Å². The monoisotopic (exact) mass is 344 g/mol. The van der Waals surface area contributed by atoms with Gasteiger partial charge in [-0.25, -0.2) is 0 Å². The Morgan fingerprint density at radius 3 is 2.95 bits per heavy atom. The van der Waals surface area contributed by atoms with Crippen molar-refractivity contribution < 1.29 is 4.79 Å². The molecule has 1 aromatic carbocycles. The molecule has 1 aromatic heterocycles. The largest absolute Gasteiger partial charge is 0.355 e. The maximum absolute atomic E-state index is 12.1. The molecule has 1 amide bonds. The first-order valence-electron chi connectivity index (χ1n) is 7.17. The number of amides is 1. The van der Waals surface area contributed by atoms with Gasteiger partial charge in [0.2, 0.25) is 5.91 Å². The number of pyridine rings is 1. The van der Waals surface area contributed by atoms with Crippen LogP contribution in [0.5, 0.6) is 0 Å². The van der Waals surface area contributed by atoms with E-state index in [4.69, 9.17) is 0 Å². The molecule has 1 heterocycles. The number of rotatable bonds is 5. The summed E-state index contributed by atoms with van der Waals surface area (Å²) in [6.45, 7) is 0.650. The molecule has 1 saturated carbocycles. The number of nitrogens with zero attached hydrogens (tertiary/aromatic N) is 1. The number of hydrogen-bond donors (Lipinski definition) is 1. The normalized spacial score (nSPS) is 20.0. The van der Waals surface area contributed by atoms with E-state index in [9.17, 15) is 4.79 Å². The van der Waals surface area contributed by atoms with Crippen molar-refractivity contribution in [2.45, 2.75) is 18.8 Å². The zero-order valence-corrected chi connectivity index (χ0v) is 13.2. The quantitative estimate of drug-likeness (QED) is 0.903. The first-order chi connectivity index (χ1) is 10.2. The zero-order valence-electron chi connectivity index (χ0n) is 11.6. The van der Waals surface area contributed by atoms with E-state index in [1.54, 1.807) is 6.20 Å². The molecule has 0 unspecified atom stereocenters. The number of carbonyl (C=O) groups excluding carboxylic acids is 1. The van der Waals surface area contributed by atoms with Gasteiger partial charge in [-0.1, -0.05) is 34.1 Å². The van der Waals surface area contributed by atoms with Crippen LogP contribution in [0.1, 0.15) is 23.6 Å². The molecule has 1 aliphatic carbocycles. The van der Waals surface area contributed by atoms with Crippen molar-refractivity contribution in [3.8, 4) is 0 Å². The molecule has 3 nitrogen and oxygen atoms in total. The lowest BCUT2D eigenvalue weighted by Crippen LogP contribution is -2.27. The summed E-state index contributed by atoms with van der Waals surface area (Å²) in [5.74, 6) is 0.663. The van der Waals surface area contributed by atoms with E-state index in [2.05, 4.69) is 38.4 Å². The second-order valence-corrected chi connectivity index (χ2v) is 6.28. The molecule has 0 saturated heterocycles. The van der Waals surface area contributed by atoms with E-state index in [0.29, 0.717) is 12.5 Å². The van der Waals surface area contributed by atoms with Gasteiger partial charge in [-0.15, -0.1) is 0 Å². The Labute approximate surface area is 132 Å². The molecular formula is C17H17BrN2O. The Morgan fingerprint density at radius 1 is 1.29 bits per heavy atom. The minimum atomic E-state index is 0.128. The lowest BCUT2D eigenvalue weighted by molar-refractivity contribution is -0.122. The van der Waals surface area contributed by atoms with Gasteiger partial charge in [0.05, 0.1) is 0 Å². The van der Waals surface area contributed by atoms with Crippen LogP contribution >= 0.6 is 15.9 Å². The highest BCUT2D eigenvalue weighted by atomic mass is 79.9. The molecule has 0 bridgehead atoms. The van der Waals surface area contributed by atoms with Crippen molar-refractivity contribution in [2.24, 2.45) is 5.92 Å². The van der Waals surface area contributed by atoms with Crippen LogP contribution in [0.2, 0.25) is 0 Å². The topological polar surface area (TPSA) is 42.0 Å². The van der Waals surface area contributed by atoms with Crippen molar-refractivity contribution in [1.29, 1.82) is 0 Å². The maximum atomic E-state index is 12.1. The summed E-state index contributed by atoms with van der Waals surface area (Å²) in [5.41, 5.74) is 2.26. The van der Waals surface area contributed by atoms with E-state index in [1.165, 1.54) is 5.56 Å². The molecule has 1 fully saturated rings. The minimum Gasteiger partial charge on any atom is -0.355 e. The Hall–Kier alpha value is -1.68. The highest BCUT2D eigenvalue weighted by Gasteiger charge is 2.43. The fraction of sp³-hybridized carbons (Fsp3) is 0.294. The number of nitrogens with one attached hydrogen (secondary N) is 1. The van der Waals surface area contributed by atoms with Crippen molar-refractivity contribution >= 4 is 21.8 Å². The van der Waals surface area contributed by atoms with E-state index >= 15 is 0 Å². The Morgan fingerprint density at radius 2 is 2.19 bits per heavy atom. The molecule has 0 aliphatic heterocycles.